The molecule has 0 spiro atoms. The molecule has 0 fully saturated rings. The zero-order valence-electron chi connectivity index (χ0n) is 18.7. The summed E-state index contributed by atoms with van der Waals surface area (Å²) in [4.78, 5) is 11.8. The predicted molar refractivity (Wildman–Crippen MR) is 118 cm³/mol. The van der Waals surface area contributed by atoms with Crippen LogP contribution in [0.4, 0.5) is 0 Å². The number of aryl methyl sites for hydroxylation is 2. The maximum atomic E-state index is 11.8. The second-order valence-electron chi connectivity index (χ2n) is 8.43. The van der Waals surface area contributed by atoms with E-state index in [1.807, 2.05) is 13.0 Å². The molecule has 0 saturated heterocycles. The van der Waals surface area contributed by atoms with E-state index in [9.17, 15) is 9.90 Å². The van der Waals surface area contributed by atoms with Crippen molar-refractivity contribution in [2.45, 2.75) is 129 Å². The van der Waals surface area contributed by atoms with E-state index in [0.29, 0.717) is 12.2 Å². The van der Waals surface area contributed by atoms with E-state index in [1.165, 1.54) is 70.6 Å². The number of carbonyl (C=O) groups is 1. The topological polar surface area (TPSA) is 50.4 Å². The zero-order chi connectivity index (χ0) is 20.6. The third-order valence-electron chi connectivity index (χ3n) is 5.74. The maximum absolute atomic E-state index is 11.8. The largest absolute Gasteiger partial charge is 0.481 e. The van der Waals surface area contributed by atoms with Crippen LogP contribution in [0.25, 0.3) is 0 Å². The van der Waals surface area contributed by atoms with Crippen molar-refractivity contribution in [1.82, 2.24) is 0 Å². The number of aliphatic carboxylic acids is 1. The molecule has 3 heteroatoms. The first-order chi connectivity index (χ1) is 13.6. The van der Waals surface area contributed by atoms with Crippen molar-refractivity contribution >= 4 is 5.97 Å². The number of carboxylic acids is 1. The number of rotatable bonds is 18. The summed E-state index contributed by atoms with van der Waals surface area (Å²) < 4.78 is 5.95. The normalized spacial score (nSPS) is 12.4. The highest BCUT2D eigenvalue weighted by molar-refractivity contribution is 5.75. The fraction of sp³-hybridized carbons (Fsp3) is 0.800. The molecule has 0 saturated carbocycles. The molecule has 1 unspecified atom stereocenters. The predicted octanol–water partition coefficient (Wildman–Crippen LogP) is 8.19. The Labute approximate surface area is 173 Å². The van der Waals surface area contributed by atoms with E-state index < -0.39 is 11.9 Å². The molecular weight excluding hydrogens is 348 g/mol. The quantitative estimate of drug-likeness (QED) is 0.256. The summed E-state index contributed by atoms with van der Waals surface area (Å²) >= 11 is 0. The molecule has 0 aliphatic carbocycles. The smallest absolute Gasteiger partial charge is 0.314 e. The molecule has 1 N–H and O–H groups in total. The molecule has 1 heterocycles. The summed E-state index contributed by atoms with van der Waals surface area (Å²) in [5.41, 5.74) is 1.00. The summed E-state index contributed by atoms with van der Waals surface area (Å²) in [5, 5.41) is 9.68. The molecule has 0 amide bonds. The van der Waals surface area contributed by atoms with E-state index >= 15 is 0 Å². The second-order valence-corrected chi connectivity index (χ2v) is 8.43. The molecule has 162 valence electrons. The molecule has 0 aromatic carbocycles. The highest BCUT2D eigenvalue weighted by Crippen LogP contribution is 2.29. The Kier molecular flexibility index (Phi) is 13.9. The van der Waals surface area contributed by atoms with Crippen molar-refractivity contribution in [3.8, 4) is 0 Å². The maximum Gasteiger partial charge on any atom is 0.314 e. The Morgan fingerprint density at radius 1 is 0.857 bits per heavy atom. The van der Waals surface area contributed by atoms with Gasteiger partial charge in [0.05, 0.1) is 0 Å². The molecule has 1 atom stereocenters. The van der Waals surface area contributed by atoms with Crippen molar-refractivity contribution < 1.29 is 14.3 Å². The minimum absolute atomic E-state index is 0.488. The molecule has 3 nitrogen and oxygen atoms in total. The van der Waals surface area contributed by atoms with Gasteiger partial charge in [-0.3, -0.25) is 4.79 Å². The lowest BCUT2D eigenvalue weighted by atomic mass is 9.96. The van der Waals surface area contributed by atoms with E-state index in [4.69, 9.17) is 4.42 Å². The van der Waals surface area contributed by atoms with Gasteiger partial charge < -0.3 is 9.52 Å². The standard InChI is InChI=1S/C25H44O3/c1-4-6-8-9-10-11-12-13-14-15-17-19-23(25(26)27)24-21(3)20-22(28-24)18-16-7-5-2/h20,23H,4-19H2,1-3H3,(H,26,27). The first-order valence-electron chi connectivity index (χ1n) is 11.9. The van der Waals surface area contributed by atoms with Crippen molar-refractivity contribution in [2.75, 3.05) is 0 Å². The van der Waals surface area contributed by atoms with Crippen LogP contribution >= 0.6 is 0 Å². The number of hydrogen-bond donors (Lipinski definition) is 1. The highest BCUT2D eigenvalue weighted by atomic mass is 16.4. The fourth-order valence-electron chi connectivity index (χ4n) is 3.96. The van der Waals surface area contributed by atoms with Crippen molar-refractivity contribution in [3.63, 3.8) is 0 Å². The molecular formula is C25H44O3. The van der Waals surface area contributed by atoms with Gasteiger partial charge in [0.15, 0.2) is 0 Å². The monoisotopic (exact) mass is 392 g/mol. The lowest BCUT2D eigenvalue weighted by molar-refractivity contribution is -0.139. The van der Waals surface area contributed by atoms with Crippen molar-refractivity contribution in [1.29, 1.82) is 0 Å². The van der Waals surface area contributed by atoms with E-state index in [0.717, 1.165) is 37.0 Å². The van der Waals surface area contributed by atoms with E-state index in [-0.39, 0.29) is 0 Å². The number of unbranched alkanes of at least 4 members (excludes halogenated alkanes) is 12. The van der Waals surface area contributed by atoms with Crippen LogP contribution in [0.15, 0.2) is 10.5 Å². The summed E-state index contributed by atoms with van der Waals surface area (Å²) in [6.45, 7) is 6.43. The molecule has 0 aliphatic rings. The minimum Gasteiger partial charge on any atom is -0.481 e. The van der Waals surface area contributed by atoms with Crippen LogP contribution < -0.4 is 0 Å². The number of hydrogen-bond acceptors (Lipinski definition) is 2. The summed E-state index contributed by atoms with van der Waals surface area (Å²) in [6.07, 6.45) is 19.2. The number of furan rings is 1. The zero-order valence-corrected chi connectivity index (χ0v) is 18.7. The summed E-state index contributed by atoms with van der Waals surface area (Å²) in [6, 6.07) is 2.04. The molecule has 0 bridgehead atoms. The Hall–Kier alpha value is -1.25. The molecule has 1 aromatic heterocycles. The lowest BCUT2D eigenvalue weighted by Gasteiger charge is -2.11. The van der Waals surface area contributed by atoms with Gasteiger partial charge in [0.25, 0.3) is 0 Å². The van der Waals surface area contributed by atoms with E-state index in [2.05, 4.69) is 13.8 Å². The Morgan fingerprint density at radius 3 is 1.89 bits per heavy atom. The van der Waals surface area contributed by atoms with Gasteiger partial charge >= 0.3 is 5.97 Å². The fourth-order valence-corrected chi connectivity index (χ4v) is 3.96. The van der Waals surface area contributed by atoms with E-state index in [1.54, 1.807) is 0 Å². The second kappa shape index (κ2) is 15.6. The third-order valence-corrected chi connectivity index (χ3v) is 5.74. The van der Waals surface area contributed by atoms with Crippen LogP contribution in [0.3, 0.4) is 0 Å². The van der Waals surface area contributed by atoms with Gasteiger partial charge in [-0.2, -0.15) is 0 Å². The molecule has 1 aromatic rings. The Morgan fingerprint density at radius 2 is 1.36 bits per heavy atom. The average molecular weight is 393 g/mol. The average Bonchev–Trinajstić information content (AvgIpc) is 3.03. The van der Waals surface area contributed by atoms with Crippen LogP contribution in [-0.4, -0.2) is 11.1 Å². The summed E-state index contributed by atoms with van der Waals surface area (Å²) in [5.74, 6) is 0.403. The molecule has 0 radical (unpaired) electrons. The third kappa shape index (κ3) is 10.3. The van der Waals surface area contributed by atoms with Gasteiger partial charge in [0.1, 0.15) is 17.4 Å². The van der Waals surface area contributed by atoms with Gasteiger partial charge in [-0.1, -0.05) is 97.3 Å². The first-order valence-corrected chi connectivity index (χ1v) is 11.9. The van der Waals surface area contributed by atoms with Crippen LogP contribution in [-0.2, 0) is 11.2 Å². The molecule has 0 aliphatic heterocycles. The Bertz CT molecular complexity index is 518. The SMILES string of the molecule is CCCCCCCCCCCCCC(C(=O)O)c1oc(CCCCC)cc1C. The van der Waals surface area contributed by atoms with Crippen molar-refractivity contribution in [2.24, 2.45) is 0 Å². The van der Waals surface area contributed by atoms with Gasteiger partial charge in [-0.05, 0) is 31.4 Å². The Balaban J connectivity index is 2.26. The van der Waals surface area contributed by atoms with Crippen LogP contribution in [0.5, 0.6) is 0 Å². The molecule has 1 rings (SSSR count). The van der Waals surface area contributed by atoms with Crippen LogP contribution in [0.1, 0.15) is 133 Å². The van der Waals surface area contributed by atoms with Crippen molar-refractivity contribution in [3.05, 3.63) is 23.2 Å². The van der Waals surface area contributed by atoms with Gasteiger partial charge in [-0.25, -0.2) is 0 Å². The highest BCUT2D eigenvalue weighted by Gasteiger charge is 2.25. The first kappa shape index (κ1) is 24.8. The number of carboxylic acid groups (broad SMARTS) is 1. The van der Waals surface area contributed by atoms with Crippen LogP contribution in [0.2, 0.25) is 0 Å². The lowest BCUT2D eigenvalue weighted by Crippen LogP contribution is -2.12. The van der Waals surface area contributed by atoms with Gasteiger partial charge in [0, 0.05) is 6.42 Å². The van der Waals surface area contributed by atoms with Gasteiger partial charge in [0.2, 0.25) is 0 Å². The molecule has 28 heavy (non-hydrogen) atoms. The van der Waals surface area contributed by atoms with Gasteiger partial charge in [-0.15, -0.1) is 0 Å². The minimum atomic E-state index is -0.746. The van der Waals surface area contributed by atoms with Crippen LogP contribution in [0, 0.1) is 6.92 Å². The summed E-state index contributed by atoms with van der Waals surface area (Å²) in [7, 11) is 0.